The minimum Gasteiger partial charge on any atom is -0.453 e. The Labute approximate surface area is 223 Å². The molecule has 0 saturated carbocycles. The van der Waals surface area contributed by atoms with Crippen LogP contribution in [0, 0.1) is 0 Å². The summed E-state index contributed by atoms with van der Waals surface area (Å²) < 4.78 is 4.81. The average molecular weight is 540 g/mol. The lowest BCUT2D eigenvalue weighted by molar-refractivity contribution is -0.130. The molecule has 2 saturated heterocycles. The number of hydrogen-bond acceptors (Lipinski definition) is 5. The third-order valence-electron chi connectivity index (χ3n) is 6.98. The monoisotopic (exact) mass is 538 g/mol. The number of amides is 3. The number of carbonyl (C=O) groups excluding carboxylic acids is 3. The Hall–Kier alpha value is -2.29. The molecular weight excluding hydrogens is 503 g/mol. The highest BCUT2D eigenvalue weighted by Gasteiger charge is 2.26. The standard InChI is InChI=1S/C26H36Cl2N4O4/c1-29(26(35)36-2)21-9-14-30(15-10-21)12-3-4-13-31-17-18-32(16-11-25(31)34)24(33)8-6-20-5-7-22(27)23(28)19-20/h5-8,19,21H,3-4,9-18H2,1-2H3/b8-6+. The molecule has 0 N–H and O–H groups in total. The predicted molar refractivity (Wildman–Crippen MR) is 142 cm³/mol. The van der Waals surface area contributed by atoms with Gasteiger partial charge in [-0.2, -0.15) is 0 Å². The molecule has 0 aliphatic carbocycles. The second-order valence-corrected chi connectivity index (χ2v) is 10.1. The maximum absolute atomic E-state index is 12.7. The predicted octanol–water partition coefficient (Wildman–Crippen LogP) is 4.01. The summed E-state index contributed by atoms with van der Waals surface area (Å²) in [5.74, 6) is -0.0117. The van der Waals surface area contributed by atoms with Crippen LogP contribution in [0.5, 0.6) is 0 Å². The van der Waals surface area contributed by atoms with E-state index in [1.165, 1.54) is 13.2 Å². The highest BCUT2D eigenvalue weighted by molar-refractivity contribution is 6.42. The Kier molecular flexibility index (Phi) is 10.9. The average Bonchev–Trinajstić information content (AvgIpc) is 3.07. The van der Waals surface area contributed by atoms with Gasteiger partial charge in [0.2, 0.25) is 11.8 Å². The molecule has 36 heavy (non-hydrogen) atoms. The molecule has 2 aliphatic heterocycles. The fourth-order valence-corrected chi connectivity index (χ4v) is 4.98. The molecule has 0 atom stereocenters. The van der Waals surface area contributed by atoms with Crippen molar-refractivity contribution in [3.05, 3.63) is 39.9 Å². The highest BCUT2D eigenvalue weighted by Crippen LogP contribution is 2.23. The number of carbonyl (C=O) groups is 3. The van der Waals surface area contributed by atoms with E-state index in [-0.39, 0.29) is 23.9 Å². The van der Waals surface area contributed by atoms with Crippen LogP contribution in [0.1, 0.15) is 37.7 Å². The maximum atomic E-state index is 12.7. The summed E-state index contributed by atoms with van der Waals surface area (Å²) in [7, 11) is 3.21. The number of likely N-dealkylation sites (tertiary alicyclic amines) is 1. The Bertz CT molecular complexity index is 950. The summed E-state index contributed by atoms with van der Waals surface area (Å²) >= 11 is 12.0. The van der Waals surface area contributed by atoms with Gasteiger partial charge in [0.05, 0.1) is 17.2 Å². The topological polar surface area (TPSA) is 73.4 Å². The SMILES string of the molecule is COC(=O)N(C)C1CCN(CCCCN2CCN(C(=O)/C=C/c3ccc(Cl)c(Cl)c3)CCC2=O)CC1. The molecule has 8 nitrogen and oxygen atoms in total. The zero-order valence-electron chi connectivity index (χ0n) is 21.1. The van der Waals surface area contributed by atoms with E-state index in [0.29, 0.717) is 42.6 Å². The van der Waals surface area contributed by atoms with Gasteiger partial charge in [-0.25, -0.2) is 4.79 Å². The van der Waals surface area contributed by atoms with Crippen LogP contribution >= 0.6 is 23.2 Å². The summed E-state index contributed by atoms with van der Waals surface area (Å²) in [6, 6.07) is 5.44. The second kappa shape index (κ2) is 13.9. The first-order valence-electron chi connectivity index (χ1n) is 12.5. The first kappa shape index (κ1) is 28.3. The van der Waals surface area contributed by atoms with E-state index in [0.717, 1.165) is 50.9 Å². The smallest absolute Gasteiger partial charge is 0.409 e. The molecule has 0 bridgehead atoms. The van der Waals surface area contributed by atoms with E-state index in [1.54, 1.807) is 41.1 Å². The molecule has 2 heterocycles. The van der Waals surface area contributed by atoms with Crippen LogP contribution in [0.2, 0.25) is 10.0 Å². The molecule has 3 amide bonds. The van der Waals surface area contributed by atoms with Crippen molar-refractivity contribution in [1.29, 1.82) is 0 Å². The van der Waals surface area contributed by atoms with Crippen molar-refractivity contribution < 1.29 is 19.1 Å². The quantitative estimate of drug-likeness (QED) is 0.369. The molecular formula is C26H36Cl2N4O4. The largest absolute Gasteiger partial charge is 0.453 e. The first-order chi connectivity index (χ1) is 17.3. The van der Waals surface area contributed by atoms with Crippen LogP contribution < -0.4 is 0 Å². The first-order valence-corrected chi connectivity index (χ1v) is 13.3. The van der Waals surface area contributed by atoms with Gasteiger partial charge in [-0.3, -0.25) is 9.59 Å². The molecule has 0 spiro atoms. The van der Waals surface area contributed by atoms with Gasteiger partial charge in [0.25, 0.3) is 0 Å². The number of methoxy groups -OCH3 is 1. The summed E-state index contributed by atoms with van der Waals surface area (Å²) in [4.78, 5) is 44.7. The van der Waals surface area contributed by atoms with E-state index >= 15 is 0 Å². The van der Waals surface area contributed by atoms with Gasteiger partial charge < -0.3 is 24.3 Å². The maximum Gasteiger partial charge on any atom is 0.409 e. The fourth-order valence-electron chi connectivity index (χ4n) is 4.67. The van der Waals surface area contributed by atoms with Gasteiger partial charge in [0, 0.05) is 64.9 Å². The van der Waals surface area contributed by atoms with Crippen LogP contribution in [0.15, 0.2) is 24.3 Å². The van der Waals surface area contributed by atoms with Crippen molar-refractivity contribution >= 4 is 47.2 Å². The van der Waals surface area contributed by atoms with Gasteiger partial charge in [0.15, 0.2) is 0 Å². The number of benzene rings is 1. The lowest BCUT2D eigenvalue weighted by Gasteiger charge is -2.36. The van der Waals surface area contributed by atoms with Crippen LogP contribution in [0.25, 0.3) is 6.08 Å². The summed E-state index contributed by atoms with van der Waals surface area (Å²) in [5.41, 5.74) is 0.796. The number of ether oxygens (including phenoxy) is 1. The molecule has 3 rings (SSSR count). The van der Waals surface area contributed by atoms with Gasteiger partial charge in [-0.1, -0.05) is 29.3 Å². The van der Waals surface area contributed by atoms with Crippen molar-refractivity contribution in [3.8, 4) is 0 Å². The van der Waals surface area contributed by atoms with Gasteiger partial charge in [-0.15, -0.1) is 0 Å². The van der Waals surface area contributed by atoms with Crippen LogP contribution in [0.4, 0.5) is 4.79 Å². The Morgan fingerprint density at radius 2 is 1.78 bits per heavy atom. The molecule has 0 radical (unpaired) electrons. The minimum atomic E-state index is -0.279. The lowest BCUT2D eigenvalue weighted by Crippen LogP contribution is -2.45. The molecule has 0 unspecified atom stereocenters. The van der Waals surface area contributed by atoms with Crippen molar-refractivity contribution in [1.82, 2.24) is 19.6 Å². The van der Waals surface area contributed by atoms with Crippen molar-refractivity contribution in [2.75, 3.05) is 60.0 Å². The van der Waals surface area contributed by atoms with E-state index in [1.807, 2.05) is 4.90 Å². The zero-order chi connectivity index (χ0) is 26.1. The molecule has 198 valence electrons. The van der Waals surface area contributed by atoms with Crippen LogP contribution in [-0.4, -0.2) is 104 Å². The number of rotatable bonds is 8. The van der Waals surface area contributed by atoms with E-state index < -0.39 is 0 Å². The number of unbranched alkanes of at least 4 members (excludes halogenated alkanes) is 1. The second-order valence-electron chi connectivity index (χ2n) is 9.32. The molecule has 1 aromatic carbocycles. The van der Waals surface area contributed by atoms with E-state index in [9.17, 15) is 14.4 Å². The number of halogens is 2. The molecule has 10 heteroatoms. The third-order valence-corrected chi connectivity index (χ3v) is 7.72. The summed E-state index contributed by atoms with van der Waals surface area (Å²) in [5, 5.41) is 0.914. The van der Waals surface area contributed by atoms with Crippen LogP contribution in [0.3, 0.4) is 0 Å². The van der Waals surface area contributed by atoms with Gasteiger partial charge >= 0.3 is 6.09 Å². The lowest BCUT2D eigenvalue weighted by atomic mass is 10.0. The molecule has 2 fully saturated rings. The van der Waals surface area contributed by atoms with E-state index in [2.05, 4.69) is 4.90 Å². The van der Waals surface area contributed by atoms with Crippen LogP contribution in [-0.2, 0) is 14.3 Å². The highest BCUT2D eigenvalue weighted by atomic mass is 35.5. The summed E-state index contributed by atoms with van der Waals surface area (Å²) in [6.45, 7) is 5.12. The number of nitrogens with zero attached hydrogens (tertiary/aromatic N) is 4. The normalized spacial score (nSPS) is 17.9. The molecule has 1 aromatic rings. The Morgan fingerprint density at radius 3 is 2.47 bits per heavy atom. The minimum absolute atomic E-state index is 0.102. The van der Waals surface area contributed by atoms with Gasteiger partial charge in [-0.05, 0) is 56.0 Å². The van der Waals surface area contributed by atoms with Crippen molar-refractivity contribution in [3.63, 3.8) is 0 Å². The van der Waals surface area contributed by atoms with Crippen molar-refractivity contribution in [2.24, 2.45) is 0 Å². The Balaban J connectivity index is 1.36. The molecule has 2 aliphatic rings. The van der Waals surface area contributed by atoms with E-state index in [4.69, 9.17) is 27.9 Å². The molecule has 0 aromatic heterocycles. The third kappa shape index (κ3) is 8.11. The number of hydrogen-bond donors (Lipinski definition) is 0. The number of piperidine rings is 1. The zero-order valence-corrected chi connectivity index (χ0v) is 22.6. The summed E-state index contributed by atoms with van der Waals surface area (Å²) in [6.07, 6.45) is 7.12. The fraction of sp³-hybridized carbons (Fsp3) is 0.577. The van der Waals surface area contributed by atoms with Gasteiger partial charge in [0.1, 0.15) is 0 Å². The van der Waals surface area contributed by atoms with Crippen molar-refractivity contribution in [2.45, 2.75) is 38.1 Å². The Morgan fingerprint density at radius 1 is 1.06 bits per heavy atom.